The first kappa shape index (κ1) is 54.9. The Labute approximate surface area is 509 Å². The molecular weight excluding hydrogens is 1040 g/mol. The van der Waals surface area contributed by atoms with Gasteiger partial charge in [0.1, 0.15) is 0 Å². The minimum atomic E-state index is -0.364. The molecule has 0 aliphatic carbocycles. The number of hydrogen-bond donors (Lipinski definition) is 0. The maximum absolute atomic E-state index is 7.03. The number of hydrogen-bond acceptors (Lipinski definition) is 4. The Hall–Kier alpha value is -9.06. The van der Waals surface area contributed by atoms with Gasteiger partial charge in [0, 0.05) is 51.1 Å². The molecule has 0 radical (unpaired) electrons. The average molecular weight is 1120 g/mol. The fourth-order valence-corrected chi connectivity index (χ4v) is 13.5. The van der Waals surface area contributed by atoms with Crippen LogP contribution in [0.4, 0.5) is 28.4 Å². The number of para-hydroxylation sites is 2. The van der Waals surface area contributed by atoms with Gasteiger partial charge in [-0.05, 0) is 148 Å². The van der Waals surface area contributed by atoms with Gasteiger partial charge in [0.2, 0.25) is 0 Å². The molecule has 424 valence electrons. The van der Waals surface area contributed by atoms with Crippen molar-refractivity contribution in [3.63, 3.8) is 0 Å². The lowest BCUT2D eigenvalue weighted by Gasteiger charge is -2.47. The minimum Gasteiger partial charge on any atom is -0.450 e. The van der Waals surface area contributed by atoms with Crippen molar-refractivity contribution < 1.29 is 9.47 Å². The largest absolute Gasteiger partial charge is 0.450 e. The van der Waals surface area contributed by atoms with E-state index in [1.807, 2.05) is 24.3 Å². The Morgan fingerprint density at radius 1 is 0.337 bits per heavy atom. The molecule has 0 atom stereocenters. The van der Waals surface area contributed by atoms with Gasteiger partial charge in [-0.1, -0.05) is 253 Å². The van der Waals surface area contributed by atoms with Crippen molar-refractivity contribution >= 4 is 57.0 Å². The molecule has 86 heavy (non-hydrogen) atoms. The molecule has 4 nitrogen and oxygen atoms in total. The summed E-state index contributed by atoms with van der Waals surface area (Å²) in [5.74, 6) is 2.67. The minimum absolute atomic E-state index is 0.00871. The van der Waals surface area contributed by atoms with E-state index in [-0.39, 0.29) is 34.4 Å². The molecule has 3 aliphatic heterocycles. The summed E-state index contributed by atoms with van der Waals surface area (Å²) in [6.45, 7) is 27.3. The van der Waals surface area contributed by atoms with Crippen LogP contribution >= 0.6 is 0 Å². The van der Waals surface area contributed by atoms with Gasteiger partial charge in [-0.25, -0.2) is 0 Å². The Kier molecular flexibility index (Phi) is 13.0. The highest BCUT2D eigenvalue weighted by molar-refractivity contribution is 6.94. The molecule has 0 bridgehead atoms. The number of anilines is 5. The summed E-state index contributed by atoms with van der Waals surface area (Å²) in [5.41, 5.74) is 23.6. The smallest absolute Gasteiger partial charge is 0.333 e. The van der Waals surface area contributed by atoms with Crippen molar-refractivity contribution in [3.8, 4) is 56.4 Å². The summed E-state index contributed by atoms with van der Waals surface area (Å²) in [6, 6.07) is 86.7. The zero-order valence-electron chi connectivity index (χ0n) is 51.8. The molecule has 3 heterocycles. The highest BCUT2D eigenvalue weighted by atomic mass is 16.6. The van der Waals surface area contributed by atoms with Crippen LogP contribution in [0.15, 0.2) is 231 Å². The van der Waals surface area contributed by atoms with Gasteiger partial charge in [0.15, 0.2) is 23.0 Å². The fraction of sp³-hybridized carbons (Fsp3) is 0.210. The summed E-state index contributed by atoms with van der Waals surface area (Å²) in [5, 5.41) is 2.34. The van der Waals surface area contributed by atoms with E-state index in [0.29, 0.717) is 23.0 Å². The van der Waals surface area contributed by atoms with Gasteiger partial charge in [-0.15, -0.1) is 0 Å². The second-order valence-electron chi connectivity index (χ2n) is 28.2. The third kappa shape index (κ3) is 9.48. The lowest BCUT2D eigenvalue weighted by molar-refractivity contribution is 0.360. The van der Waals surface area contributed by atoms with Crippen LogP contribution in [0.5, 0.6) is 23.0 Å². The van der Waals surface area contributed by atoms with Crippen molar-refractivity contribution in [2.75, 3.05) is 9.71 Å². The first-order valence-electron chi connectivity index (χ1n) is 30.7. The second kappa shape index (κ2) is 20.3. The van der Waals surface area contributed by atoms with Crippen LogP contribution in [0.2, 0.25) is 0 Å². The quantitative estimate of drug-likeness (QED) is 0.117. The van der Waals surface area contributed by atoms with E-state index in [0.717, 1.165) is 50.6 Å². The van der Waals surface area contributed by atoms with Crippen LogP contribution in [-0.4, -0.2) is 6.85 Å². The molecule has 0 saturated heterocycles. The van der Waals surface area contributed by atoms with Crippen LogP contribution in [0.3, 0.4) is 0 Å². The monoisotopic (exact) mass is 1120 g/mol. The third-order valence-electron chi connectivity index (χ3n) is 18.3. The number of nitrogens with zero attached hydrogens (tertiary/aromatic N) is 2. The number of ether oxygens (including phenoxy) is 2. The summed E-state index contributed by atoms with van der Waals surface area (Å²) in [4.78, 5) is 5.28. The van der Waals surface area contributed by atoms with Crippen molar-refractivity contribution in [1.29, 1.82) is 0 Å². The highest BCUT2D eigenvalue weighted by Crippen LogP contribution is 2.56. The Balaban J connectivity index is 1.12. The summed E-state index contributed by atoms with van der Waals surface area (Å²) in [6.07, 6.45) is 0. The van der Waals surface area contributed by atoms with Gasteiger partial charge in [0.25, 0.3) is 0 Å². The van der Waals surface area contributed by atoms with E-state index in [1.165, 1.54) is 71.9 Å². The summed E-state index contributed by atoms with van der Waals surface area (Å²) >= 11 is 0. The lowest BCUT2D eigenvalue weighted by atomic mass is 9.43. The van der Waals surface area contributed by atoms with Gasteiger partial charge in [-0.2, -0.15) is 0 Å². The predicted molar refractivity (Wildman–Crippen MR) is 364 cm³/mol. The maximum atomic E-state index is 7.03. The number of benzene rings is 11. The number of rotatable bonds is 7. The van der Waals surface area contributed by atoms with Crippen LogP contribution in [0.1, 0.15) is 128 Å². The van der Waals surface area contributed by atoms with Gasteiger partial charge in [-0.3, -0.25) is 0 Å². The van der Waals surface area contributed by atoms with Crippen LogP contribution in [-0.2, 0) is 21.7 Å². The molecule has 3 aliphatic rings. The van der Waals surface area contributed by atoms with E-state index in [4.69, 9.17) is 9.47 Å². The van der Waals surface area contributed by atoms with E-state index in [9.17, 15) is 0 Å². The molecule has 14 rings (SSSR count). The Bertz CT molecular complexity index is 4380. The van der Waals surface area contributed by atoms with Crippen molar-refractivity contribution in [1.82, 2.24) is 0 Å². The molecule has 5 heteroatoms. The topological polar surface area (TPSA) is 24.9 Å². The molecule has 0 spiro atoms. The average Bonchev–Trinajstić information content (AvgIpc) is 0.708. The summed E-state index contributed by atoms with van der Waals surface area (Å²) < 4.78 is 14.0. The van der Waals surface area contributed by atoms with Crippen molar-refractivity contribution in [2.24, 2.45) is 0 Å². The molecule has 0 unspecified atom stereocenters. The first-order chi connectivity index (χ1) is 41.2. The normalized spacial score (nSPS) is 13.6. The van der Waals surface area contributed by atoms with Crippen LogP contribution in [0, 0.1) is 0 Å². The zero-order valence-corrected chi connectivity index (χ0v) is 51.8. The lowest BCUT2D eigenvalue weighted by Crippen LogP contribution is -2.61. The van der Waals surface area contributed by atoms with E-state index >= 15 is 0 Å². The Morgan fingerprint density at radius 2 is 0.802 bits per heavy atom. The molecule has 11 aromatic carbocycles. The fourth-order valence-electron chi connectivity index (χ4n) is 13.5. The third-order valence-corrected chi connectivity index (χ3v) is 18.3. The maximum Gasteiger partial charge on any atom is 0.333 e. The molecule has 0 N–H and O–H groups in total. The molecule has 0 amide bonds. The van der Waals surface area contributed by atoms with Crippen LogP contribution < -0.4 is 30.1 Å². The van der Waals surface area contributed by atoms with Gasteiger partial charge < -0.3 is 19.2 Å². The van der Waals surface area contributed by atoms with Crippen molar-refractivity contribution in [2.45, 2.75) is 111 Å². The second-order valence-corrected chi connectivity index (χ2v) is 28.2. The van der Waals surface area contributed by atoms with E-state index in [1.54, 1.807) is 0 Å². The van der Waals surface area contributed by atoms with Crippen molar-refractivity contribution in [3.05, 3.63) is 269 Å². The first-order valence-corrected chi connectivity index (χ1v) is 30.7. The van der Waals surface area contributed by atoms with E-state index in [2.05, 4.69) is 299 Å². The highest BCUT2D eigenvalue weighted by Gasteiger charge is 2.48. The standard InChI is InChI=1S/C81H75BN2O2/c1-78(2,3)57-36-31-53(32-37-57)75(54-33-38-58(39-34-54)79(4,5)6)56-35-42-62-65-45-55-27-19-20-28-61(55)77-76(65)82(84(69(62)46-56)68-44-41-60(81(10,11)12)48-64(68)52-25-17-14-18-26-52)66-49-73-74(86-72-30-22-21-29-71(72)85-73)50-70(66)83(77)67-43-40-59(80(7,8)9)47-63(67)51-23-15-13-16-24-51/h13-50,75H,1-12H3. The van der Waals surface area contributed by atoms with E-state index < -0.39 is 0 Å². The molecule has 0 fully saturated rings. The number of fused-ring (bicyclic) bond motifs is 8. The van der Waals surface area contributed by atoms with Crippen LogP contribution in [0.25, 0.3) is 44.2 Å². The predicted octanol–water partition coefficient (Wildman–Crippen LogP) is 21.1. The Morgan fingerprint density at radius 3 is 1.35 bits per heavy atom. The SMILES string of the molecule is CC(C)(C)c1ccc(C(c2ccc(C(C)(C)C)cc2)c2ccc3c(c2)N(c2ccc(C(C)(C)C)cc2-c2ccccc2)B2c4cc5c(cc4N(c4ccc(C(C)(C)C)cc4-c4ccccc4)c4c2c-3cc2ccccc42)Oc2ccccc2O5)cc1. The molecule has 11 aromatic rings. The molecule has 0 saturated carbocycles. The summed E-state index contributed by atoms with van der Waals surface area (Å²) in [7, 11) is 0. The molecular formula is C81H75BN2O2. The van der Waals surface area contributed by atoms with Gasteiger partial charge >= 0.3 is 6.85 Å². The zero-order chi connectivity index (χ0) is 59.6. The molecule has 0 aromatic heterocycles. The van der Waals surface area contributed by atoms with Gasteiger partial charge in [0.05, 0.1) is 11.4 Å².